The third-order valence-electron chi connectivity index (χ3n) is 2.71. The lowest BCUT2D eigenvalue weighted by Gasteiger charge is -2.22. The lowest BCUT2D eigenvalue weighted by molar-refractivity contribution is 0.507. The summed E-state index contributed by atoms with van der Waals surface area (Å²) in [7, 11) is 6.11. The maximum atomic E-state index is 6.11. The van der Waals surface area contributed by atoms with Crippen LogP contribution < -0.4 is 0 Å². The van der Waals surface area contributed by atoms with E-state index in [1.54, 1.807) is 0 Å². The van der Waals surface area contributed by atoms with Gasteiger partial charge in [0, 0.05) is 0 Å². The zero-order valence-electron chi connectivity index (χ0n) is 8.34. The summed E-state index contributed by atoms with van der Waals surface area (Å²) < 4.78 is 0. The van der Waals surface area contributed by atoms with E-state index in [1.165, 1.54) is 25.7 Å². The molecule has 0 fully saturated rings. The molecule has 1 rings (SSSR count). The monoisotopic (exact) mass is 162 g/mol. The Balaban J connectivity index is 2.51. The van der Waals surface area contributed by atoms with Gasteiger partial charge in [-0.2, -0.15) is 0 Å². The van der Waals surface area contributed by atoms with Gasteiger partial charge in [0.1, 0.15) is 0 Å². The zero-order valence-corrected chi connectivity index (χ0v) is 8.34. The topological polar surface area (TPSA) is 0 Å². The molecule has 0 aromatic carbocycles. The van der Waals surface area contributed by atoms with Gasteiger partial charge >= 0.3 is 0 Å². The summed E-state index contributed by atoms with van der Waals surface area (Å²) in [5.74, 6) is 0.749. The Hall–Kier alpha value is -0.195. The van der Waals surface area contributed by atoms with E-state index in [9.17, 15) is 0 Å². The van der Waals surface area contributed by atoms with Crippen LogP contribution in [0.15, 0.2) is 12.2 Å². The minimum atomic E-state index is 0.0422. The third kappa shape index (κ3) is 3.47. The maximum Gasteiger partial charge on any atom is 0.0746 e. The average Bonchev–Trinajstić information content (AvgIpc) is 2.02. The van der Waals surface area contributed by atoms with Crippen molar-refractivity contribution in [1.82, 2.24) is 0 Å². The molecule has 0 N–H and O–H groups in total. The van der Waals surface area contributed by atoms with E-state index in [0.717, 1.165) is 12.3 Å². The molecule has 1 heteroatoms. The lowest BCUT2D eigenvalue weighted by Crippen LogP contribution is -2.05. The number of hydrogen-bond donors (Lipinski definition) is 0. The first-order chi connectivity index (χ1) is 5.60. The van der Waals surface area contributed by atoms with Crippen LogP contribution in [0.4, 0.5) is 0 Å². The van der Waals surface area contributed by atoms with Crippen molar-refractivity contribution in [2.45, 2.75) is 51.3 Å². The van der Waals surface area contributed by atoms with Crippen LogP contribution in [0.2, 0.25) is 5.31 Å². The van der Waals surface area contributed by atoms with Gasteiger partial charge in [0.25, 0.3) is 0 Å². The fraction of sp³-hybridized carbons (Fsp3) is 0.818. The van der Waals surface area contributed by atoms with Crippen LogP contribution in [-0.2, 0) is 0 Å². The van der Waals surface area contributed by atoms with Crippen molar-refractivity contribution in [3.63, 3.8) is 0 Å². The summed E-state index contributed by atoms with van der Waals surface area (Å²) >= 11 is 0. The summed E-state index contributed by atoms with van der Waals surface area (Å²) in [5, 5.41) is 0.0422. The van der Waals surface area contributed by atoms with Crippen LogP contribution in [0, 0.1) is 5.92 Å². The van der Waals surface area contributed by atoms with E-state index in [-0.39, 0.29) is 5.31 Å². The van der Waals surface area contributed by atoms with E-state index in [2.05, 4.69) is 26.0 Å². The van der Waals surface area contributed by atoms with Crippen LogP contribution in [-0.4, -0.2) is 7.85 Å². The van der Waals surface area contributed by atoms with Crippen molar-refractivity contribution in [3.05, 3.63) is 12.2 Å². The van der Waals surface area contributed by atoms with E-state index in [4.69, 9.17) is 7.85 Å². The Bertz CT molecular complexity index is 158. The highest BCUT2D eigenvalue weighted by Gasteiger charge is 2.16. The number of rotatable bonds is 0. The Labute approximate surface area is 77.8 Å². The molecule has 12 heavy (non-hydrogen) atoms. The molecule has 0 heterocycles. The largest absolute Gasteiger partial charge is 0.0885 e. The summed E-state index contributed by atoms with van der Waals surface area (Å²) in [6.45, 7) is 4.45. The smallest absolute Gasteiger partial charge is 0.0746 e. The van der Waals surface area contributed by atoms with Gasteiger partial charge in [-0.25, -0.2) is 0 Å². The summed E-state index contributed by atoms with van der Waals surface area (Å²) in [6, 6.07) is 0. The average molecular weight is 162 g/mol. The molecular formula is C11H19B. The van der Waals surface area contributed by atoms with Crippen LogP contribution in [0.5, 0.6) is 0 Å². The Kier molecular flexibility index (Phi) is 3.43. The van der Waals surface area contributed by atoms with Gasteiger partial charge in [-0.3, -0.25) is 0 Å². The summed E-state index contributed by atoms with van der Waals surface area (Å²) in [5.41, 5.74) is 0. The molecule has 1 aliphatic carbocycles. The molecule has 0 spiro atoms. The van der Waals surface area contributed by atoms with Crippen molar-refractivity contribution >= 4 is 7.85 Å². The van der Waals surface area contributed by atoms with Gasteiger partial charge in [-0.15, -0.1) is 0 Å². The van der Waals surface area contributed by atoms with Gasteiger partial charge in [0.05, 0.1) is 7.85 Å². The Morgan fingerprint density at radius 1 is 1.42 bits per heavy atom. The summed E-state index contributed by atoms with van der Waals surface area (Å²) in [6.07, 6.45) is 10.7. The van der Waals surface area contributed by atoms with Crippen molar-refractivity contribution in [2.75, 3.05) is 0 Å². The Morgan fingerprint density at radius 3 is 2.92 bits per heavy atom. The molecule has 2 radical (unpaired) electrons. The molecule has 0 saturated carbocycles. The van der Waals surface area contributed by atoms with Gasteiger partial charge in [0.2, 0.25) is 0 Å². The predicted molar refractivity (Wildman–Crippen MR) is 55.5 cm³/mol. The Morgan fingerprint density at radius 2 is 2.17 bits per heavy atom. The van der Waals surface area contributed by atoms with E-state index in [0.29, 0.717) is 0 Å². The molecule has 0 amide bonds. The normalized spacial score (nSPS) is 38.3. The van der Waals surface area contributed by atoms with Gasteiger partial charge in [-0.1, -0.05) is 50.6 Å². The maximum absolute atomic E-state index is 6.11. The van der Waals surface area contributed by atoms with Crippen molar-refractivity contribution in [1.29, 1.82) is 0 Å². The van der Waals surface area contributed by atoms with E-state index in [1.807, 2.05) is 0 Å². The van der Waals surface area contributed by atoms with Crippen LogP contribution in [0.25, 0.3) is 0 Å². The molecule has 0 bridgehead atoms. The third-order valence-corrected chi connectivity index (χ3v) is 2.71. The van der Waals surface area contributed by atoms with Gasteiger partial charge in [0.15, 0.2) is 0 Å². The van der Waals surface area contributed by atoms with Crippen LogP contribution >= 0.6 is 0 Å². The van der Waals surface area contributed by atoms with Crippen molar-refractivity contribution in [3.8, 4) is 0 Å². The van der Waals surface area contributed by atoms with Gasteiger partial charge in [-0.05, 0) is 18.8 Å². The zero-order chi connectivity index (χ0) is 9.03. The molecule has 0 saturated heterocycles. The molecule has 0 aromatic heterocycles. The first-order valence-corrected chi connectivity index (χ1v) is 5.06. The molecular weight excluding hydrogens is 143 g/mol. The summed E-state index contributed by atoms with van der Waals surface area (Å²) in [4.78, 5) is 0. The molecule has 0 aromatic rings. The molecule has 2 atom stereocenters. The standard InChI is InChI=1S/C11H19B/c1-10-6-3-4-8-11(2,12)9-5-7-10/h5,7,10H,3-4,6,8-9H2,1-2H3. The second-order valence-corrected chi connectivity index (χ2v) is 4.51. The highest BCUT2D eigenvalue weighted by molar-refractivity contribution is 6.14. The fourth-order valence-electron chi connectivity index (χ4n) is 1.76. The predicted octanol–water partition coefficient (Wildman–Crippen LogP) is 3.49. The second kappa shape index (κ2) is 4.16. The molecule has 1 aliphatic rings. The minimum Gasteiger partial charge on any atom is -0.0885 e. The SMILES string of the molecule is [B]C1(C)CC=CC(C)CCCC1. The van der Waals surface area contributed by atoms with Crippen molar-refractivity contribution in [2.24, 2.45) is 5.92 Å². The molecule has 2 unspecified atom stereocenters. The molecule has 0 nitrogen and oxygen atoms in total. The molecule has 66 valence electrons. The van der Waals surface area contributed by atoms with Crippen LogP contribution in [0.1, 0.15) is 46.0 Å². The van der Waals surface area contributed by atoms with E-state index >= 15 is 0 Å². The van der Waals surface area contributed by atoms with Crippen molar-refractivity contribution < 1.29 is 0 Å². The molecule has 0 aliphatic heterocycles. The second-order valence-electron chi connectivity index (χ2n) is 4.51. The first-order valence-electron chi connectivity index (χ1n) is 5.06. The highest BCUT2D eigenvalue weighted by atomic mass is 14.2. The van der Waals surface area contributed by atoms with E-state index < -0.39 is 0 Å². The quantitative estimate of drug-likeness (QED) is 0.377. The number of hydrogen-bond acceptors (Lipinski definition) is 0. The van der Waals surface area contributed by atoms with Crippen LogP contribution in [0.3, 0.4) is 0 Å². The fourth-order valence-corrected chi connectivity index (χ4v) is 1.76. The van der Waals surface area contributed by atoms with Gasteiger partial charge < -0.3 is 0 Å². The minimum absolute atomic E-state index is 0.0422. The highest BCUT2D eigenvalue weighted by Crippen LogP contribution is 2.34. The lowest BCUT2D eigenvalue weighted by atomic mass is 9.65. The first kappa shape index (κ1) is 9.89. The number of allylic oxidation sites excluding steroid dienone is 2.